The number of hydrogen-bond donors (Lipinski definition) is 2. The smallest absolute Gasteiger partial charge is 0.262 e. The van der Waals surface area contributed by atoms with E-state index in [0.717, 1.165) is 27.6 Å². The summed E-state index contributed by atoms with van der Waals surface area (Å²) in [7, 11) is 0. The van der Waals surface area contributed by atoms with E-state index in [1.54, 1.807) is 30.5 Å². The number of imide groups is 1. The molecule has 0 saturated carbocycles. The van der Waals surface area contributed by atoms with Crippen LogP contribution >= 0.6 is 0 Å². The van der Waals surface area contributed by atoms with E-state index in [1.807, 2.05) is 62.5 Å². The molecule has 3 aromatic carbocycles. The van der Waals surface area contributed by atoms with Gasteiger partial charge in [0.25, 0.3) is 11.8 Å². The van der Waals surface area contributed by atoms with Crippen molar-refractivity contribution in [2.75, 3.05) is 5.32 Å². The largest absolute Gasteiger partial charge is 0.442 e. The molecule has 44 heavy (non-hydrogen) atoms. The Balaban J connectivity index is 1.30. The molecule has 216 valence electrons. The van der Waals surface area contributed by atoms with Gasteiger partial charge in [0.05, 0.1) is 23.7 Å². The Hall–Kier alpha value is -5.77. The van der Waals surface area contributed by atoms with E-state index in [9.17, 15) is 14.4 Å². The molecule has 8 rings (SSSR count). The monoisotopic (exact) mass is 583 g/mol. The number of carbonyl (C=O) groups excluding carboxylic acids is 3. The minimum Gasteiger partial charge on any atom is -0.442 e. The van der Waals surface area contributed by atoms with Crippen molar-refractivity contribution < 1.29 is 23.2 Å². The summed E-state index contributed by atoms with van der Waals surface area (Å²) in [6, 6.07) is 19.4. The summed E-state index contributed by atoms with van der Waals surface area (Å²) in [4.78, 5) is 54.3. The zero-order valence-corrected chi connectivity index (χ0v) is 23.8. The second-order valence-electron chi connectivity index (χ2n) is 11.3. The Bertz CT molecular complexity index is 2120. The van der Waals surface area contributed by atoms with Crippen LogP contribution in [0.3, 0.4) is 0 Å². The molecule has 2 aliphatic rings. The van der Waals surface area contributed by atoms with Crippen LogP contribution < -0.4 is 5.32 Å². The number of oxazole rings is 2. The average Bonchev–Trinajstić information content (AvgIpc) is 3.80. The molecular weight excluding hydrogens is 558 g/mol. The minimum atomic E-state index is -0.830. The number of benzene rings is 3. The van der Waals surface area contributed by atoms with Crippen LogP contribution in [0.2, 0.25) is 0 Å². The number of H-pyrrole nitrogens is 1. The van der Waals surface area contributed by atoms with Crippen LogP contribution in [0.25, 0.3) is 44.9 Å². The van der Waals surface area contributed by atoms with Crippen molar-refractivity contribution in [3.8, 4) is 34.0 Å². The molecule has 10 heteroatoms. The average molecular weight is 584 g/mol. The number of aromatic amines is 1. The second-order valence-corrected chi connectivity index (χ2v) is 11.3. The maximum atomic E-state index is 13.6. The zero-order valence-electron chi connectivity index (χ0n) is 23.8. The van der Waals surface area contributed by atoms with Crippen LogP contribution in [-0.4, -0.2) is 37.6 Å². The first-order valence-electron chi connectivity index (χ1n) is 14.3. The molecule has 2 N–H and O–H groups in total. The second kappa shape index (κ2) is 9.63. The molecule has 6 aromatic rings. The quantitative estimate of drug-likeness (QED) is 0.223. The van der Waals surface area contributed by atoms with Gasteiger partial charge < -0.3 is 19.1 Å². The number of fused-ring (bicyclic) bond motifs is 8. The lowest BCUT2D eigenvalue weighted by molar-refractivity contribution is -0.115. The Labute approximate surface area is 250 Å². The summed E-state index contributed by atoms with van der Waals surface area (Å²) in [5.41, 5.74) is 5.00. The molecule has 0 aliphatic carbocycles. The van der Waals surface area contributed by atoms with Gasteiger partial charge in [0.1, 0.15) is 11.8 Å². The van der Waals surface area contributed by atoms with Crippen LogP contribution in [0, 0.1) is 5.92 Å². The first-order valence-corrected chi connectivity index (χ1v) is 14.3. The molecule has 0 fully saturated rings. The number of amides is 3. The van der Waals surface area contributed by atoms with Crippen molar-refractivity contribution >= 4 is 34.3 Å². The Morgan fingerprint density at radius 3 is 2.27 bits per heavy atom. The third-order valence-electron chi connectivity index (χ3n) is 8.19. The lowest BCUT2D eigenvalue weighted by Gasteiger charge is -2.26. The van der Waals surface area contributed by atoms with Gasteiger partial charge in [-0.3, -0.25) is 19.3 Å². The number of rotatable bonds is 3. The summed E-state index contributed by atoms with van der Waals surface area (Å²) in [6.07, 6.45) is 3.30. The molecule has 2 aliphatic heterocycles. The highest BCUT2D eigenvalue weighted by Gasteiger charge is 2.44. The molecule has 3 amide bonds. The fourth-order valence-corrected chi connectivity index (χ4v) is 6.22. The molecule has 0 unspecified atom stereocenters. The van der Waals surface area contributed by atoms with Gasteiger partial charge >= 0.3 is 0 Å². The number of nitrogens with one attached hydrogen (secondary N) is 2. The van der Waals surface area contributed by atoms with E-state index in [1.165, 1.54) is 4.90 Å². The number of hydrogen-bond acceptors (Lipinski definition) is 7. The summed E-state index contributed by atoms with van der Waals surface area (Å²) in [5, 5.41) is 3.96. The van der Waals surface area contributed by atoms with E-state index in [4.69, 9.17) is 13.8 Å². The zero-order chi connectivity index (χ0) is 30.1. The summed E-state index contributed by atoms with van der Waals surface area (Å²) < 4.78 is 12.6. The number of nitrogens with zero attached hydrogens (tertiary/aromatic N) is 3. The Morgan fingerprint density at radius 1 is 0.818 bits per heavy atom. The highest BCUT2D eigenvalue weighted by atomic mass is 16.4. The summed E-state index contributed by atoms with van der Waals surface area (Å²) in [6.45, 7) is 3.76. The van der Waals surface area contributed by atoms with Crippen molar-refractivity contribution in [1.29, 1.82) is 0 Å². The van der Waals surface area contributed by atoms with Gasteiger partial charge in [-0.2, -0.15) is 0 Å². The first kappa shape index (κ1) is 25.9. The highest BCUT2D eigenvalue weighted by molar-refractivity contribution is 6.21. The number of anilines is 1. The van der Waals surface area contributed by atoms with E-state index in [-0.39, 0.29) is 41.5 Å². The van der Waals surface area contributed by atoms with E-state index >= 15 is 0 Å². The molecular formula is C34H25N5O5. The van der Waals surface area contributed by atoms with Crippen LogP contribution in [0.4, 0.5) is 5.69 Å². The normalized spacial score (nSPS) is 14.9. The molecule has 0 radical (unpaired) electrons. The standard InChI is InChI=1S/C34H25N5O5/c1-17(2)30(39-33(41)20-9-3-4-10-21(20)34(39)42)32-38-29-25(43-32)14-27(40)37-23-12-6-5-8-18(23)19-11-7-13-24-28(19)22(15-35-24)26-16-36-31(29)44-26/h3-13,15-17,30,35H,14H2,1-2H3,(H,37,40)/t30-/m0/s1. The summed E-state index contributed by atoms with van der Waals surface area (Å²) in [5.74, 6) is -0.442. The number of carbonyl (C=O) groups is 3. The van der Waals surface area contributed by atoms with Crippen molar-refractivity contribution in [3.63, 3.8) is 0 Å². The SMILES string of the molecule is CC(C)[C@@H](c1nc2c(o1)CC(=O)Nc1ccccc1-c1cccc3[nH]cc(c13)-c1cnc-2o1)N1C(=O)c2ccccc2C1=O. The van der Waals surface area contributed by atoms with Crippen molar-refractivity contribution in [2.24, 2.45) is 5.92 Å². The van der Waals surface area contributed by atoms with Crippen molar-refractivity contribution in [2.45, 2.75) is 26.3 Å². The fraction of sp³-hybridized carbons (Fsp3) is 0.147. The van der Waals surface area contributed by atoms with Crippen LogP contribution in [0.15, 0.2) is 88.0 Å². The van der Waals surface area contributed by atoms with Crippen LogP contribution in [0.1, 0.15) is 52.3 Å². The Morgan fingerprint density at radius 2 is 1.52 bits per heavy atom. The lowest BCUT2D eigenvalue weighted by atomic mass is 9.97. The predicted octanol–water partition coefficient (Wildman–Crippen LogP) is 6.63. The van der Waals surface area contributed by atoms with E-state index in [2.05, 4.69) is 15.3 Å². The van der Waals surface area contributed by atoms with Gasteiger partial charge in [-0.05, 0) is 35.7 Å². The molecule has 3 aromatic heterocycles. The predicted molar refractivity (Wildman–Crippen MR) is 162 cm³/mol. The number of aromatic nitrogens is 3. The fourth-order valence-electron chi connectivity index (χ4n) is 6.22. The van der Waals surface area contributed by atoms with E-state index < -0.39 is 17.9 Å². The molecule has 5 heterocycles. The van der Waals surface area contributed by atoms with E-state index in [0.29, 0.717) is 22.6 Å². The van der Waals surface area contributed by atoms with Gasteiger partial charge in [-0.1, -0.05) is 56.3 Å². The highest BCUT2D eigenvalue weighted by Crippen LogP contribution is 2.42. The first-order chi connectivity index (χ1) is 21.4. The summed E-state index contributed by atoms with van der Waals surface area (Å²) >= 11 is 0. The molecule has 0 saturated heterocycles. The van der Waals surface area contributed by atoms with Crippen molar-refractivity contribution in [3.05, 3.63) is 102 Å². The Kier molecular flexibility index (Phi) is 5.67. The molecule has 1 atom stereocenters. The molecule has 0 spiro atoms. The lowest BCUT2D eigenvalue weighted by Crippen LogP contribution is -2.37. The van der Waals surface area contributed by atoms with Crippen molar-refractivity contribution in [1.82, 2.24) is 19.9 Å². The van der Waals surface area contributed by atoms with Crippen LogP contribution in [0.5, 0.6) is 0 Å². The van der Waals surface area contributed by atoms with Gasteiger partial charge in [0.15, 0.2) is 11.5 Å². The molecule has 2 bridgehead atoms. The van der Waals surface area contributed by atoms with Gasteiger partial charge in [0.2, 0.25) is 17.7 Å². The number of para-hydroxylation sites is 1. The molecule has 10 nitrogen and oxygen atoms in total. The third-order valence-corrected chi connectivity index (χ3v) is 8.19. The maximum Gasteiger partial charge on any atom is 0.262 e. The van der Waals surface area contributed by atoms with Gasteiger partial charge in [-0.15, -0.1) is 0 Å². The maximum absolute atomic E-state index is 13.6. The van der Waals surface area contributed by atoms with Crippen LogP contribution in [-0.2, 0) is 11.2 Å². The third kappa shape index (κ3) is 3.84. The minimum absolute atomic E-state index is 0.119. The topological polar surface area (TPSA) is 134 Å². The van der Waals surface area contributed by atoms with Gasteiger partial charge in [-0.25, -0.2) is 9.97 Å². The van der Waals surface area contributed by atoms with Gasteiger partial charge in [0, 0.05) is 33.9 Å².